The average Bonchev–Trinajstić information content (AvgIpc) is 2.37. The highest BCUT2D eigenvalue weighted by Gasteiger charge is 2.34. The lowest BCUT2D eigenvalue weighted by atomic mass is 9.95. The number of carboxylic acids is 1. The van der Waals surface area contributed by atoms with Crippen molar-refractivity contribution in [1.82, 2.24) is 0 Å². The SMILES string of the molecule is O=C(O)c1c(F)cccc1-c1ccccc1C(F)(F)F. The van der Waals surface area contributed by atoms with Gasteiger partial charge in [0.15, 0.2) is 0 Å². The number of hydrogen-bond acceptors (Lipinski definition) is 1. The number of carbonyl (C=O) groups is 1. The van der Waals surface area contributed by atoms with Crippen molar-refractivity contribution in [2.75, 3.05) is 0 Å². The number of halogens is 4. The third kappa shape index (κ3) is 2.49. The predicted octanol–water partition coefficient (Wildman–Crippen LogP) is 4.21. The molecule has 1 N–H and O–H groups in total. The summed E-state index contributed by atoms with van der Waals surface area (Å²) in [5.74, 6) is -2.69. The van der Waals surface area contributed by atoms with E-state index in [0.29, 0.717) is 0 Å². The normalized spacial score (nSPS) is 11.4. The molecule has 0 aliphatic carbocycles. The van der Waals surface area contributed by atoms with Crippen LogP contribution in [0.25, 0.3) is 11.1 Å². The van der Waals surface area contributed by atoms with Gasteiger partial charge in [0.05, 0.1) is 5.56 Å². The zero-order valence-electron chi connectivity index (χ0n) is 9.91. The van der Waals surface area contributed by atoms with Crippen LogP contribution in [0.15, 0.2) is 42.5 Å². The van der Waals surface area contributed by atoms with Crippen LogP contribution in [0.1, 0.15) is 15.9 Å². The Balaban J connectivity index is 2.77. The van der Waals surface area contributed by atoms with Gasteiger partial charge in [0.1, 0.15) is 11.4 Å². The van der Waals surface area contributed by atoms with Crippen LogP contribution in [0.3, 0.4) is 0 Å². The maximum Gasteiger partial charge on any atom is 0.417 e. The number of carboxylic acid groups (broad SMARTS) is 1. The Morgan fingerprint density at radius 3 is 2.15 bits per heavy atom. The standard InChI is InChI=1S/C14H8F4O2/c15-11-7-3-5-9(12(11)13(19)20)8-4-1-2-6-10(8)14(16,17)18/h1-7H,(H,19,20). The van der Waals surface area contributed by atoms with Crippen molar-refractivity contribution >= 4 is 5.97 Å². The van der Waals surface area contributed by atoms with Crippen molar-refractivity contribution in [1.29, 1.82) is 0 Å². The third-order valence-electron chi connectivity index (χ3n) is 2.75. The Labute approximate surface area is 111 Å². The maximum absolute atomic E-state index is 13.6. The Morgan fingerprint density at radius 2 is 1.55 bits per heavy atom. The smallest absolute Gasteiger partial charge is 0.417 e. The van der Waals surface area contributed by atoms with Gasteiger partial charge in [-0.1, -0.05) is 30.3 Å². The summed E-state index contributed by atoms with van der Waals surface area (Å²) in [5.41, 5.74) is -2.44. The molecule has 20 heavy (non-hydrogen) atoms. The van der Waals surface area contributed by atoms with Crippen LogP contribution in [-0.4, -0.2) is 11.1 Å². The summed E-state index contributed by atoms with van der Waals surface area (Å²) < 4.78 is 52.3. The Kier molecular flexibility index (Phi) is 3.48. The van der Waals surface area contributed by atoms with Crippen LogP contribution < -0.4 is 0 Å². The van der Waals surface area contributed by atoms with Gasteiger partial charge in [0.25, 0.3) is 0 Å². The highest BCUT2D eigenvalue weighted by Crippen LogP contribution is 2.38. The van der Waals surface area contributed by atoms with Crippen molar-refractivity contribution in [3.05, 3.63) is 59.4 Å². The summed E-state index contributed by atoms with van der Waals surface area (Å²) in [7, 11) is 0. The van der Waals surface area contributed by atoms with Gasteiger partial charge >= 0.3 is 12.1 Å². The predicted molar refractivity (Wildman–Crippen MR) is 63.8 cm³/mol. The van der Waals surface area contributed by atoms with Gasteiger partial charge < -0.3 is 5.11 Å². The van der Waals surface area contributed by atoms with E-state index in [1.54, 1.807) is 0 Å². The molecule has 2 nitrogen and oxygen atoms in total. The van der Waals surface area contributed by atoms with E-state index in [0.717, 1.165) is 24.3 Å². The summed E-state index contributed by atoms with van der Waals surface area (Å²) in [6.07, 6.45) is -4.65. The molecule has 0 saturated heterocycles. The monoisotopic (exact) mass is 284 g/mol. The van der Waals surface area contributed by atoms with Crippen molar-refractivity contribution in [2.45, 2.75) is 6.18 Å². The van der Waals surface area contributed by atoms with E-state index in [-0.39, 0.29) is 11.1 Å². The number of hydrogen-bond donors (Lipinski definition) is 1. The summed E-state index contributed by atoms with van der Waals surface area (Å²) in [6, 6.07) is 7.67. The molecule has 6 heteroatoms. The van der Waals surface area contributed by atoms with Crippen LogP contribution in [0.2, 0.25) is 0 Å². The second-order valence-electron chi connectivity index (χ2n) is 4.01. The fraction of sp³-hybridized carbons (Fsp3) is 0.0714. The molecule has 0 fully saturated rings. The van der Waals surface area contributed by atoms with Gasteiger partial charge in [-0.3, -0.25) is 0 Å². The molecule has 0 aliphatic heterocycles. The Morgan fingerprint density at radius 1 is 0.950 bits per heavy atom. The molecule has 2 aromatic carbocycles. The van der Waals surface area contributed by atoms with Gasteiger partial charge in [-0.15, -0.1) is 0 Å². The molecule has 0 aromatic heterocycles. The van der Waals surface area contributed by atoms with E-state index >= 15 is 0 Å². The van der Waals surface area contributed by atoms with E-state index in [2.05, 4.69) is 0 Å². The van der Waals surface area contributed by atoms with E-state index < -0.39 is 29.1 Å². The third-order valence-corrected chi connectivity index (χ3v) is 2.75. The van der Waals surface area contributed by atoms with Gasteiger partial charge in [-0.25, -0.2) is 9.18 Å². The van der Waals surface area contributed by atoms with Crippen molar-refractivity contribution in [2.24, 2.45) is 0 Å². The van der Waals surface area contributed by atoms with Crippen molar-refractivity contribution < 1.29 is 27.5 Å². The summed E-state index contributed by atoms with van der Waals surface area (Å²) >= 11 is 0. The summed E-state index contributed by atoms with van der Waals surface area (Å²) in [4.78, 5) is 11.1. The molecular formula is C14H8F4O2. The highest BCUT2D eigenvalue weighted by molar-refractivity contribution is 5.96. The molecule has 0 bridgehead atoms. The van der Waals surface area contributed by atoms with E-state index in [9.17, 15) is 22.4 Å². The van der Waals surface area contributed by atoms with Crippen LogP contribution >= 0.6 is 0 Å². The highest BCUT2D eigenvalue weighted by atomic mass is 19.4. The lowest BCUT2D eigenvalue weighted by Gasteiger charge is -2.14. The topological polar surface area (TPSA) is 37.3 Å². The van der Waals surface area contributed by atoms with E-state index in [1.807, 2.05) is 0 Å². The van der Waals surface area contributed by atoms with E-state index in [4.69, 9.17) is 5.11 Å². The first kappa shape index (κ1) is 14.0. The number of alkyl halides is 3. The van der Waals surface area contributed by atoms with Gasteiger partial charge in [0, 0.05) is 0 Å². The minimum Gasteiger partial charge on any atom is -0.478 e. The number of aromatic carboxylic acids is 1. The average molecular weight is 284 g/mol. The zero-order chi connectivity index (χ0) is 14.9. The van der Waals surface area contributed by atoms with Crippen LogP contribution in [0.4, 0.5) is 17.6 Å². The van der Waals surface area contributed by atoms with Gasteiger partial charge in [0.2, 0.25) is 0 Å². The molecule has 0 aliphatic rings. The van der Waals surface area contributed by atoms with Crippen LogP contribution in [0.5, 0.6) is 0 Å². The summed E-state index contributed by atoms with van der Waals surface area (Å²) in [5, 5.41) is 8.98. The first-order valence-electron chi connectivity index (χ1n) is 5.51. The zero-order valence-corrected chi connectivity index (χ0v) is 9.91. The van der Waals surface area contributed by atoms with Gasteiger partial charge in [-0.2, -0.15) is 13.2 Å². The quantitative estimate of drug-likeness (QED) is 0.839. The maximum atomic E-state index is 13.6. The lowest BCUT2D eigenvalue weighted by Crippen LogP contribution is -2.09. The van der Waals surface area contributed by atoms with Crippen LogP contribution in [0, 0.1) is 5.82 Å². The molecule has 0 heterocycles. The summed E-state index contributed by atoms with van der Waals surface area (Å²) in [6.45, 7) is 0. The first-order valence-corrected chi connectivity index (χ1v) is 5.51. The molecule has 0 spiro atoms. The Bertz CT molecular complexity index is 662. The molecular weight excluding hydrogens is 276 g/mol. The molecule has 0 radical (unpaired) electrons. The Hall–Kier alpha value is -2.37. The van der Waals surface area contributed by atoms with Crippen molar-refractivity contribution in [3.63, 3.8) is 0 Å². The number of rotatable bonds is 2. The molecule has 0 amide bonds. The second kappa shape index (κ2) is 4.96. The first-order chi connectivity index (χ1) is 9.32. The minimum absolute atomic E-state index is 0.301. The molecule has 0 unspecified atom stereocenters. The van der Waals surface area contributed by atoms with E-state index in [1.165, 1.54) is 18.2 Å². The molecule has 104 valence electrons. The molecule has 0 saturated carbocycles. The second-order valence-corrected chi connectivity index (χ2v) is 4.01. The minimum atomic E-state index is -4.65. The molecule has 2 aromatic rings. The molecule has 0 atom stereocenters. The lowest BCUT2D eigenvalue weighted by molar-refractivity contribution is -0.137. The number of benzene rings is 2. The fourth-order valence-electron chi connectivity index (χ4n) is 1.93. The molecule has 2 rings (SSSR count). The largest absolute Gasteiger partial charge is 0.478 e. The fourth-order valence-corrected chi connectivity index (χ4v) is 1.93. The van der Waals surface area contributed by atoms with Crippen LogP contribution in [-0.2, 0) is 6.18 Å². The van der Waals surface area contributed by atoms with Crippen molar-refractivity contribution in [3.8, 4) is 11.1 Å². The van der Waals surface area contributed by atoms with Gasteiger partial charge in [-0.05, 0) is 23.3 Å².